The first-order valence-corrected chi connectivity index (χ1v) is 14.6. The van der Waals surface area contributed by atoms with Gasteiger partial charge < -0.3 is 24.8 Å². The average molecular weight is 536 g/mol. The molecule has 0 bridgehead atoms. The van der Waals surface area contributed by atoms with Crippen LogP contribution in [0.1, 0.15) is 0 Å². The van der Waals surface area contributed by atoms with Crippen LogP contribution in [0.5, 0.6) is 0 Å². The van der Waals surface area contributed by atoms with Crippen LogP contribution >= 0.6 is 23.5 Å². The Hall–Kier alpha value is -2.43. The summed E-state index contributed by atoms with van der Waals surface area (Å²) in [6.07, 6.45) is 0. The highest BCUT2D eigenvalue weighted by atomic mass is 32.2. The molecule has 0 spiro atoms. The van der Waals surface area contributed by atoms with E-state index in [1.807, 2.05) is 11.8 Å². The number of likely N-dealkylation sites (N-methyl/N-ethyl adjacent to an activating group) is 1. The van der Waals surface area contributed by atoms with Gasteiger partial charge in [-0.05, 0) is 37.4 Å². The van der Waals surface area contributed by atoms with E-state index in [0.717, 1.165) is 69.3 Å². The molecule has 0 aliphatic carbocycles. The highest BCUT2D eigenvalue weighted by Crippen LogP contribution is 2.52. The number of fused-ring (bicyclic) bond motifs is 2. The topological polar surface area (TPSA) is 63.8 Å². The summed E-state index contributed by atoms with van der Waals surface area (Å²) < 4.78 is 5.49. The largest absolute Gasteiger partial charge is 0.384 e. The predicted octanol–water partition coefficient (Wildman–Crippen LogP) is 4.15. The molecule has 0 amide bonds. The number of rotatable bonds is 6. The molecule has 2 fully saturated rings. The standard InChI is InChI=1S/C28H33N5O2S2/c1-31-9-11-32(12-10-31)8-7-29-20-5-6-24-26(17-20)36-25-4-2-3-22(28(25)37-24)23-18-21(19-27(34)30-23)33-13-15-35-16-14-33/h2-6,17-19,29H,7-16H2,1H3,(H,30,34). The second kappa shape index (κ2) is 11.1. The number of benzene rings is 2. The zero-order valence-electron chi connectivity index (χ0n) is 21.2. The van der Waals surface area contributed by atoms with Gasteiger partial charge in [0.25, 0.3) is 0 Å². The number of nitrogens with zero attached hydrogens (tertiary/aromatic N) is 3. The molecule has 0 radical (unpaired) electrons. The van der Waals surface area contributed by atoms with Crippen LogP contribution in [-0.4, -0.2) is 87.4 Å². The summed E-state index contributed by atoms with van der Waals surface area (Å²) >= 11 is 3.60. The van der Waals surface area contributed by atoms with E-state index in [4.69, 9.17) is 4.74 Å². The number of ether oxygens (including phenoxy) is 1. The molecular formula is C28H33N5O2S2. The highest BCUT2D eigenvalue weighted by Gasteiger charge is 2.22. The molecular weight excluding hydrogens is 502 g/mol. The first-order chi connectivity index (χ1) is 18.1. The van der Waals surface area contributed by atoms with Crippen LogP contribution in [0.25, 0.3) is 11.3 Å². The molecule has 194 valence electrons. The molecule has 0 saturated carbocycles. The number of pyridine rings is 1. The minimum atomic E-state index is -0.0715. The van der Waals surface area contributed by atoms with Crippen molar-refractivity contribution < 1.29 is 4.74 Å². The number of morpholine rings is 1. The van der Waals surface area contributed by atoms with Crippen LogP contribution in [0, 0.1) is 0 Å². The normalized spacial score (nSPS) is 18.4. The quantitative estimate of drug-likeness (QED) is 0.382. The van der Waals surface area contributed by atoms with Crippen molar-refractivity contribution in [3.8, 4) is 11.3 Å². The summed E-state index contributed by atoms with van der Waals surface area (Å²) in [5.74, 6) is 0. The van der Waals surface area contributed by atoms with Gasteiger partial charge in [-0.2, -0.15) is 0 Å². The molecule has 4 heterocycles. The van der Waals surface area contributed by atoms with Crippen molar-refractivity contribution in [2.24, 2.45) is 0 Å². The molecule has 0 atom stereocenters. The number of piperazine rings is 1. The third-order valence-corrected chi connectivity index (χ3v) is 9.80. The second-order valence-electron chi connectivity index (χ2n) is 9.79. The Balaban J connectivity index is 1.18. The van der Waals surface area contributed by atoms with Crippen molar-refractivity contribution in [3.63, 3.8) is 0 Å². The Kier molecular flexibility index (Phi) is 7.48. The molecule has 6 rings (SSSR count). The Bertz CT molecular complexity index is 1320. The number of aromatic amines is 1. The van der Waals surface area contributed by atoms with E-state index in [1.54, 1.807) is 17.8 Å². The minimum absolute atomic E-state index is 0.0715. The summed E-state index contributed by atoms with van der Waals surface area (Å²) in [5.41, 5.74) is 3.99. The molecule has 37 heavy (non-hydrogen) atoms. The lowest BCUT2D eigenvalue weighted by Crippen LogP contribution is -2.45. The fourth-order valence-corrected chi connectivity index (χ4v) is 7.44. The Morgan fingerprint density at radius 2 is 1.76 bits per heavy atom. The first-order valence-electron chi connectivity index (χ1n) is 13.0. The van der Waals surface area contributed by atoms with Crippen LogP contribution in [0.2, 0.25) is 0 Å². The van der Waals surface area contributed by atoms with Gasteiger partial charge in [-0.1, -0.05) is 35.7 Å². The maximum absolute atomic E-state index is 12.6. The number of aromatic nitrogens is 1. The third-order valence-electron chi connectivity index (χ3n) is 7.20. The van der Waals surface area contributed by atoms with E-state index >= 15 is 0 Å². The molecule has 9 heteroatoms. The number of H-pyrrole nitrogens is 1. The molecule has 3 aromatic rings. The lowest BCUT2D eigenvalue weighted by Gasteiger charge is -2.32. The van der Waals surface area contributed by atoms with E-state index in [2.05, 4.69) is 74.5 Å². The molecule has 2 aromatic carbocycles. The SMILES string of the molecule is CN1CCN(CCNc2ccc3c(c2)Sc2cccc(-c4cc(N5CCOCC5)cc(=O)[nH]4)c2S3)CC1. The molecule has 0 unspecified atom stereocenters. The number of nitrogens with one attached hydrogen (secondary N) is 2. The lowest BCUT2D eigenvalue weighted by molar-refractivity contribution is 0.122. The maximum atomic E-state index is 12.6. The molecule has 3 aliphatic rings. The first kappa shape index (κ1) is 24.9. The molecule has 2 saturated heterocycles. The van der Waals surface area contributed by atoms with Crippen molar-refractivity contribution >= 4 is 34.9 Å². The van der Waals surface area contributed by atoms with Crippen molar-refractivity contribution in [3.05, 3.63) is 58.9 Å². The van der Waals surface area contributed by atoms with Crippen LogP contribution in [0.4, 0.5) is 11.4 Å². The zero-order valence-corrected chi connectivity index (χ0v) is 22.8. The van der Waals surface area contributed by atoms with Crippen LogP contribution in [0.15, 0.2) is 72.9 Å². The van der Waals surface area contributed by atoms with Crippen molar-refractivity contribution in [2.75, 3.05) is 82.8 Å². The van der Waals surface area contributed by atoms with Crippen molar-refractivity contribution in [2.45, 2.75) is 19.6 Å². The van der Waals surface area contributed by atoms with Crippen LogP contribution in [-0.2, 0) is 4.74 Å². The number of hydrogen-bond acceptors (Lipinski definition) is 8. The van der Waals surface area contributed by atoms with E-state index in [1.165, 1.54) is 25.3 Å². The van der Waals surface area contributed by atoms with Crippen molar-refractivity contribution in [1.82, 2.24) is 14.8 Å². The summed E-state index contributed by atoms with van der Waals surface area (Å²) in [4.78, 5) is 27.8. The van der Waals surface area contributed by atoms with Crippen LogP contribution in [0.3, 0.4) is 0 Å². The van der Waals surface area contributed by atoms with E-state index < -0.39 is 0 Å². The third kappa shape index (κ3) is 5.71. The molecule has 7 nitrogen and oxygen atoms in total. The van der Waals surface area contributed by atoms with E-state index in [0.29, 0.717) is 13.2 Å². The Morgan fingerprint density at radius 1 is 0.919 bits per heavy atom. The molecule has 2 N–H and O–H groups in total. The van der Waals surface area contributed by atoms with E-state index in [9.17, 15) is 4.79 Å². The Labute approximate surface area is 226 Å². The maximum Gasteiger partial charge on any atom is 0.250 e. The van der Waals surface area contributed by atoms with Crippen molar-refractivity contribution in [1.29, 1.82) is 0 Å². The Morgan fingerprint density at radius 3 is 2.59 bits per heavy atom. The zero-order chi connectivity index (χ0) is 25.2. The van der Waals surface area contributed by atoms with Gasteiger partial charge in [-0.15, -0.1) is 0 Å². The van der Waals surface area contributed by atoms with Gasteiger partial charge in [-0.25, -0.2) is 0 Å². The van der Waals surface area contributed by atoms with Gasteiger partial charge >= 0.3 is 0 Å². The summed E-state index contributed by atoms with van der Waals surface area (Å²) in [5, 5.41) is 3.63. The number of hydrogen-bond donors (Lipinski definition) is 2. The van der Waals surface area contributed by atoms with Gasteiger partial charge in [-0.3, -0.25) is 9.69 Å². The lowest BCUT2D eigenvalue weighted by atomic mass is 10.1. The van der Waals surface area contributed by atoms with Gasteiger partial charge in [0.05, 0.1) is 18.9 Å². The summed E-state index contributed by atoms with van der Waals surface area (Å²) in [6.45, 7) is 9.62. The predicted molar refractivity (Wildman–Crippen MR) is 153 cm³/mol. The average Bonchev–Trinajstić information content (AvgIpc) is 2.93. The highest BCUT2D eigenvalue weighted by molar-refractivity contribution is 8.05. The number of anilines is 2. The minimum Gasteiger partial charge on any atom is -0.384 e. The molecule has 1 aromatic heterocycles. The summed E-state index contributed by atoms with van der Waals surface area (Å²) in [7, 11) is 2.20. The van der Waals surface area contributed by atoms with E-state index in [-0.39, 0.29) is 5.56 Å². The summed E-state index contributed by atoms with van der Waals surface area (Å²) in [6, 6.07) is 16.9. The smallest absolute Gasteiger partial charge is 0.250 e. The monoisotopic (exact) mass is 535 g/mol. The van der Waals surface area contributed by atoms with Crippen LogP contribution < -0.4 is 15.8 Å². The molecule has 3 aliphatic heterocycles. The second-order valence-corrected chi connectivity index (χ2v) is 11.9. The fourth-order valence-electron chi connectivity index (χ4n) is 5.03. The van der Waals surface area contributed by atoms with Gasteiger partial charge in [0, 0.05) is 94.9 Å². The van der Waals surface area contributed by atoms with Gasteiger partial charge in [0.15, 0.2) is 0 Å². The van der Waals surface area contributed by atoms with Gasteiger partial charge in [0.2, 0.25) is 5.56 Å². The van der Waals surface area contributed by atoms with Gasteiger partial charge in [0.1, 0.15) is 0 Å². The fraction of sp³-hybridized carbons (Fsp3) is 0.393.